The Morgan fingerprint density at radius 3 is 2.38 bits per heavy atom. The van der Waals surface area contributed by atoms with Crippen molar-refractivity contribution in [3.8, 4) is 0 Å². The summed E-state index contributed by atoms with van der Waals surface area (Å²) in [6.07, 6.45) is 0. The van der Waals surface area contributed by atoms with E-state index in [4.69, 9.17) is 39.1 Å². The molecule has 0 aromatic heterocycles. The topological polar surface area (TPSA) is 41.9 Å². The highest BCUT2D eigenvalue weighted by Gasteiger charge is 2.32. The Balaban J connectivity index is 2.12. The van der Waals surface area contributed by atoms with Gasteiger partial charge in [0.15, 0.2) is 5.84 Å². The second kappa shape index (κ2) is 5.85. The number of rotatable bonds is 2. The maximum absolute atomic E-state index is 12.1. The fourth-order valence-corrected chi connectivity index (χ4v) is 3.38. The Kier molecular flexibility index (Phi) is 4.08. The van der Waals surface area contributed by atoms with Gasteiger partial charge in [-0.05, 0) is 35.5 Å². The largest absolute Gasteiger partial charge is 0.346 e. The van der Waals surface area contributed by atoms with Crippen LogP contribution in [0.2, 0.25) is 15.1 Å². The van der Waals surface area contributed by atoms with Gasteiger partial charge in [-0.1, -0.05) is 46.9 Å². The molecule has 108 valence electrons. The van der Waals surface area contributed by atoms with E-state index in [-0.39, 0.29) is 5.84 Å². The van der Waals surface area contributed by atoms with Gasteiger partial charge in [0, 0.05) is 5.02 Å². The number of amidine groups is 1. The van der Waals surface area contributed by atoms with Crippen LogP contribution in [-0.2, 0) is 15.6 Å². The molecule has 3 rings (SSSR count). The third kappa shape index (κ3) is 2.74. The summed E-state index contributed by atoms with van der Waals surface area (Å²) in [5, 5.41) is 5.10. The van der Waals surface area contributed by atoms with Crippen LogP contribution in [0.1, 0.15) is 5.56 Å². The number of benzene rings is 2. The number of anilines is 1. The molecule has 4 nitrogen and oxygen atoms in total. The van der Waals surface area contributed by atoms with Crippen LogP contribution in [0.5, 0.6) is 0 Å². The first-order valence-corrected chi connectivity index (χ1v) is 7.92. The number of nitrogens with zero attached hydrogens (tertiary/aromatic N) is 2. The van der Waals surface area contributed by atoms with E-state index in [1.165, 1.54) is 4.31 Å². The molecular weight excluding hydrogens is 355 g/mol. The van der Waals surface area contributed by atoms with Crippen LogP contribution in [0, 0.1) is 0 Å². The first-order chi connectivity index (χ1) is 10.1. The van der Waals surface area contributed by atoms with E-state index in [1.54, 1.807) is 42.5 Å². The smallest absolute Gasteiger partial charge is 0.268 e. The van der Waals surface area contributed by atoms with Gasteiger partial charge >= 0.3 is 11.3 Å². The second-order valence-corrected chi connectivity index (χ2v) is 6.28. The zero-order valence-electron chi connectivity index (χ0n) is 10.3. The third-order valence-electron chi connectivity index (χ3n) is 2.76. The minimum absolute atomic E-state index is 0.270. The highest BCUT2D eigenvalue weighted by atomic mass is 35.5. The van der Waals surface area contributed by atoms with Crippen LogP contribution in [0.3, 0.4) is 0 Å². The molecule has 0 N–H and O–H groups in total. The highest BCUT2D eigenvalue weighted by Crippen LogP contribution is 2.32. The Bertz CT molecular complexity index is 747. The SMILES string of the molecule is O=S1ON=C(c2c(Cl)cccc2Cl)N1c1cccc(Cl)c1. The Labute approximate surface area is 138 Å². The van der Waals surface area contributed by atoms with E-state index in [1.807, 2.05) is 0 Å². The molecule has 0 aliphatic carbocycles. The van der Waals surface area contributed by atoms with E-state index in [0.717, 1.165) is 0 Å². The zero-order chi connectivity index (χ0) is 15.0. The minimum Gasteiger partial charge on any atom is -0.268 e. The van der Waals surface area contributed by atoms with E-state index in [2.05, 4.69) is 5.16 Å². The summed E-state index contributed by atoms with van der Waals surface area (Å²) in [7, 11) is 0. The molecule has 1 unspecified atom stereocenters. The lowest BCUT2D eigenvalue weighted by molar-refractivity contribution is 0.386. The molecular formula is C13H7Cl3N2O2S. The van der Waals surface area contributed by atoms with E-state index >= 15 is 0 Å². The quantitative estimate of drug-likeness (QED) is 0.794. The summed E-state index contributed by atoms with van der Waals surface area (Å²) in [6.45, 7) is 0. The molecule has 8 heteroatoms. The van der Waals surface area contributed by atoms with Crippen molar-refractivity contribution >= 4 is 57.6 Å². The average Bonchev–Trinajstić information content (AvgIpc) is 2.80. The maximum Gasteiger partial charge on any atom is 0.346 e. The molecule has 0 saturated heterocycles. The lowest BCUT2D eigenvalue weighted by Crippen LogP contribution is -2.29. The van der Waals surface area contributed by atoms with Crippen molar-refractivity contribution in [1.29, 1.82) is 0 Å². The molecule has 21 heavy (non-hydrogen) atoms. The summed E-state index contributed by atoms with van der Waals surface area (Å²) >= 11 is 16.5. The molecule has 0 radical (unpaired) electrons. The molecule has 1 atom stereocenters. The standard InChI is InChI=1S/C13H7Cl3N2O2S/c14-8-3-1-4-9(7-8)18-13(17-20-21(18)19)12-10(15)5-2-6-11(12)16/h1-7H. The fourth-order valence-electron chi connectivity index (χ4n) is 1.88. The van der Waals surface area contributed by atoms with Gasteiger partial charge in [0.05, 0.1) is 21.3 Å². The normalized spacial score (nSPS) is 17.6. The van der Waals surface area contributed by atoms with Crippen molar-refractivity contribution in [2.45, 2.75) is 0 Å². The molecule has 1 heterocycles. The first kappa shape index (κ1) is 14.7. The molecule has 0 spiro atoms. The van der Waals surface area contributed by atoms with Crippen molar-refractivity contribution < 1.29 is 8.49 Å². The van der Waals surface area contributed by atoms with Gasteiger partial charge < -0.3 is 0 Å². The summed E-state index contributed by atoms with van der Waals surface area (Å²) in [5.74, 6) is 0.270. The predicted molar refractivity (Wildman–Crippen MR) is 86.2 cm³/mol. The lowest BCUT2D eigenvalue weighted by atomic mass is 10.2. The van der Waals surface area contributed by atoms with Crippen LogP contribution < -0.4 is 4.31 Å². The molecule has 2 aromatic rings. The zero-order valence-corrected chi connectivity index (χ0v) is 13.4. The van der Waals surface area contributed by atoms with E-state index in [0.29, 0.717) is 26.3 Å². The van der Waals surface area contributed by atoms with E-state index in [9.17, 15) is 4.21 Å². The van der Waals surface area contributed by atoms with Crippen molar-refractivity contribution in [3.63, 3.8) is 0 Å². The van der Waals surface area contributed by atoms with Gasteiger partial charge in [-0.3, -0.25) is 4.28 Å². The molecule has 0 saturated carbocycles. The van der Waals surface area contributed by atoms with Gasteiger partial charge in [-0.2, -0.15) is 4.21 Å². The summed E-state index contributed by atoms with van der Waals surface area (Å²) in [4.78, 5) is 0. The molecule has 0 bridgehead atoms. The number of hydrogen-bond donors (Lipinski definition) is 0. The Morgan fingerprint density at radius 2 is 1.71 bits per heavy atom. The Hall–Kier alpha value is -1.27. The first-order valence-electron chi connectivity index (χ1n) is 5.75. The summed E-state index contributed by atoms with van der Waals surface area (Å²) in [5.41, 5.74) is 1.01. The second-order valence-electron chi connectivity index (χ2n) is 4.08. The van der Waals surface area contributed by atoms with Crippen LogP contribution in [0.25, 0.3) is 0 Å². The molecule has 0 amide bonds. The summed E-state index contributed by atoms with van der Waals surface area (Å²) < 4.78 is 18.3. The van der Waals surface area contributed by atoms with Gasteiger partial charge in [-0.15, -0.1) is 0 Å². The summed E-state index contributed by atoms with van der Waals surface area (Å²) in [6, 6.07) is 11.9. The maximum atomic E-state index is 12.1. The number of hydrogen-bond acceptors (Lipinski definition) is 3. The van der Waals surface area contributed by atoms with Crippen LogP contribution in [-0.4, -0.2) is 10.0 Å². The van der Waals surface area contributed by atoms with Crippen LogP contribution in [0.15, 0.2) is 47.6 Å². The minimum atomic E-state index is -1.81. The van der Waals surface area contributed by atoms with Crippen molar-refractivity contribution in [1.82, 2.24) is 0 Å². The van der Waals surface area contributed by atoms with Gasteiger partial charge in [0.25, 0.3) is 0 Å². The predicted octanol–water partition coefficient (Wildman–Crippen LogP) is 4.42. The molecule has 0 fully saturated rings. The Morgan fingerprint density at radius 1 is 1.05 bits per heavy atom. The third-order valence-corrected chi connectivity index (χ3v) is 4.51. The monoisotopic (exact) mass is 360 g/mol. The fraction of sp³-hybridized carbons (Fsp3) is 0. The van der Waals surface area contributed by atoms with E-state index < -0.39 is 11.3 Å². The number of halogens is 3. The molecule has 1 aliphatic heterocycles. The van der Waals surface area contributed by atoms with Crippen LogP contribution in [0.4, 0.5) is 5.69 Å². The highest BCUT2D eigenvalue weighted by molar-refractivity contribution is 7.83. The van der Waals surface area contributed by atoms with Gasteiger partial charge in [0.2, 0.25) is 0 Å². The van der Waals surface area contributed by atoms with Gasteiger partial charge in [0.1, 0.15) is 0 Å². The van der Waals surface area contributed by atoms with Crippen LogP contribution >= 0.6 is 34.8 Å². The van der Waals surface area contributed by atoms with Crippen molar-refractivity contribution in [2.75, 3.05) is 4.31 Å². The molecule has 1 aliphatic rings. The van der Waals surface area contributed by atoms with Gasteiger partial charge in [-0.25, -0.2) is 4.31 Å². The average molecular weight is 362 g/mol. The number of oxime groups is 1. The lowest BCUT2D eigenvalue weighted by Gasteiger charge is -2.17. The van der Waals surface area contributed by atoms with Crippen molar-refractivity contribution in [3.05, 3.63) is 63.1 Å². The van der Waals surface area contributed by atoms with Crippen molar-refractivity contribution in [2.24, 2.45) is 5.16 Å². The molecule has 2 aromatic carbocycles.